The zero-order chi connectivity index (χ0) is 16.8. The van der Waals surface area contributed by atoms with Crippen molar-refractivity contribution in [3.05, 3.63) is 12.7 Å². The van der Waals surface area contributed by atoms with Gasteiger partial charge < -0.3 is 0 Å². The van der Waals surface area contributed by atoms with Gasteiger partial charge in [0.15, 0.2) is 0 Å². The van der Waals surface area contributed by atoms with E-state index < -0.39 is 42.1 Å². The van der Waals surface area contributed by atoms with E-state index in [0.29, 0.717) is 0 Å². The lowest BCUT2D eigenvalue weighted by Crippen LogP contribution is -2.65. The van der Waals surface area contributed by atoms with E-state index in [4.69, 9.17) is 0 Å². The maximum Gasteiger partial charge on any atom is 0.460 e. The van der Waals surface area contributed by atoms with Gasteiger partial charge >= 0.3 is 29.9 Å². The standard InChI is InChI=1S/C8H4F12/c1-2-4(10,11)3(9)5(12,13)6(14,15)7(16,17)8(18,19)20/h2-3H,1H2. The molecule has 1 atom stereocenters. The Bertz CT molecular complexity index is 364. The van der Waals surface area contributed by atoms with E-state index in [1.165, 1.54) is 0 Å². The minimum atomic E-state index is -7.44. The van der Waals surface area contributed by atoms with Crippen molar-refractivity contribution in [2.75, 3.05) is 0 Å². The second-order valence-electron chi connectivity index (χ2n) is 3.51. The van der Waals surface area contributed by atoms with Crippen molar-refractivity contribution in [2.24, 2.45) is 0 Å². The van der Waals surface area contributed by atoms with Crippen LogP contribution in [-0.2, 0) is 0 Å². The number of hydrogen-bond donors (Lipinski definition) is 0. The number of allylic oxidation sites excluding steroid dienone is 1. The summed E-state index contributed by atoms with van der Waals surface area (Å²) in [7, 11) is 0. The zero-order valence-electron chi connectivity index (χ0n) is 8.90. The minimum absolute atomic E-state index is 0.923. The van der Waals surface area contributed by atoms with Crippen molar-refractivity contribution < 1.29 is 52.7 Å². The fraction of sp³-hybridized carbons (Fsp3) is 0.750. The average Bonchev–Trinajstić information content (AvgIpc) is 2.25. The quantitative estimate of drug-likeness (QED) is 0.511. The third-order valence-electron chi connectivity index (χ3n) is 2.10. The Morgan fingerprint density at radius 1 is 0.700 bits per heavy atom. The first-order valence-electron chi connectivity index (χ1n) is 4.32. The lowest BCUT2D eigenvalue weighted by molar-refractivity contribution is -0.408. The molecular weight excluding hydrogens is 324 g/mol. The van der Waals surface area contributed by atoms with Crippen molar-refractivity contribution in [1.82, 2.24) is 0 Å². The van der Waals surface area contributed by atoms with E-state index >= 15 is 0 Å². The van der Waals surface area contributed by atoms with Gasteiger partial charge in [0.2, 0.25) is 6.17 Å². The van der Waals surface area contributed by atoms with Gasteiger partial charge in [-0.05, 0) is 6.08 Å². The molecule has 120 valence electrons. The summed E-state index contributed by atoms with van der Waals surface area (Å²) in [5.74, 6) is -27.3. The Kier molecular flexibility index (Phi) is 4.46. The molecule has 0 rings (SSSR count). The zero-order valence-corrected chi connectivity index (χ0v) is 8.90. The van der Waals surface area contributed by atoms with Crippen molar-refractivity contribution in [3.8, 4) is 0 Å². The van der Waals surface area contributed by atoms with Crippen LogP contribution < -0.4 is 0 Å². The average molecular weight is 328 g/mol. The number of hydrogen-bond acceptors (Lipinski definition) is 0. The van der Waals surface area contributed by atoms with Crippen LogP contribution in [0, 0.1) is 0 Å². The molecule has 1 unspecified atom stereocenters. The maximum absolute atomic E-state index is 12.7. The van der Waals surface area contributed by atoms with E-state index in [1.807, 2.05) is 0 Å². The van der Waals surface area contributed by atoms with Crippen molar-refractivity contribution >= 4 is 0 Å². The predicted molar refractivity (Wildman–Crippen MR) is 40.9 cm³/mol. The summed E-state index contributed by atoms with van der Waals surface area (Å²) in [6.07, 6.45) is -13.5. The molecule has 0 aromatic carbocycles. The molecule has 0 aliphatic rings. The summed E-state index contributed by atoms with van der Waals surface area (Å²) in [6, 6.07) is 0. The van der Waals surface area contributed by atoms with E-state index in [9.17, 15) is 52.7 Å². The van der Waals surface area contributed by atoms with Crippen LogP contribution in [0.4, 0.5) is 52.7 Å². The summed E-state index contributed by atoms with van der Waals surface area (Å²) >= 11 is 0. The topological polar surface area (TPSA) is 0 Å². The van der Waals surface area contributed by atoms with Crippen molar-refractivity contribution in [1.29, 1.82) is 0 Å². The number of rotatable bonds is 5. The van der Waals surface area contributed by atoms with Gasteiger partial charge in [-0.15, -0.1) is 0 Å². The largest absolute Gasteiger partial charge is 0.460 e. The molecule has 0 saturated heterocycles. The molecule has 0 radical (unpaired) electrons. The Labute approximate surface area is 103 Å². The molecule has 0 aliphatic carbocycles. The summed E-state index contributed by atoms with van der Waals surface area (Å²) in [5, 5.41) is 0. The molecule has 0 spiro atoms. The van der Waals surface area contributed by atoms with E-state index in [0.717, 1.165) is 0 Å². The van der Waals surface area contributed by atoms with Crippen LogP contribution >= 0.6 is 0 Å². The first-order valence-corrected chi connectivity index (χ1v) is 4.32. The van der Waals surface area contributed by atoms with Gasteiger partial charge in [0.1, 0.15) is 0 Å². The Hall–Kier alpha value is -1.10. The van der Waals surface area contributed by atoms with Crippen LogP contribution in [0.5, 0.6) is 0 Å². The first-order chi connectivity index (χ1) is 8.47. The van der Waals surface area contributed by atoms with Gasteiger partial charge in [-0.25, -0.2) is 4.39 Å². The number of halogens is 12. The highest BCUT2D eigenvalue weighted by Gasteiger charge is 2.85. The van der Waals surface area contributed by atoms with Gasteiger partial charge in [0.05, 0.1) is 0 Å². The Morgan fingerprint density at radius 3 is 1.30 bits per heavy atom. The van der Waals surface area contributed by atoms with Crippen LogP contribution in [0.1, 0.15) is 0 Å². The number of alkyl halides is 12. The van der Waals surface area contributed by atoms with Crippen LogP contribution in [0.25, 0.3) is 0 Å². The van der Waals surface area contributed by atoms with Gasteiger partial charge in [-0.3, -0.25) is 0 Å². The fourth-order valence-corrected chi connectivity index (χ4v) is 0.892. The molecule has 0 saturated carbocycles. The summed E-state index contributed by atoms with van der Waals surface area (Å²) in [5.41, 5.74) is 0. The van der Waals surface area contributed by atoms with Gasteiger partial charge in [-0.2, -0.15) is 48.3 Å². The van der Waals surface area contributed by atoms with Gasteiger partial charge in [0.25, 0.3) is 0 Å². The lowest BCUT2D eigenvalue weighted by Gasteiger charge is -2.36. The Morgan fingerprint density at radius 2 is 1.05 bits per heavy atom. The minimum Gasteiger partial charge on any atom is -0.233 e. The van der Waals surface area contributed by atoms with Crippen LogP contribution in [0.3, 0.4) is 0 Å². The fourth-order valence-electron chi connectivity index (χ4n) is 0.892. The third kappa shape index (κ3) is 2.55. The van der Waals surface area contributed by atoms with E-state index in [-0.39, 0.29) is 0 Å². The van der Waals surface area contributed by atoms with Gasteiger partial charge in [0, 0.05) is 0 Å². The Balaban J connectivity index is 5.88. The molecule has 0 fully saturated rings. The predicted octanol–water partition coefficient (Wildman–Crippen LogP) is 4.61. The molecule has 0 heterocycles. The summed E-state index contributed by atoms with van der Waals surface area (Å²) in [6.45, 7) is 2.08. The summed E-state index contributed by atoms with van der Waals surface area (Å²) in [4.78, 5) is 0. The first kappa shape index (κ1) is 18.9. The molecule has 0 aromatic heterocycles. The molecule has 0 aromatic rings. The molecule has 0 N–H and O–H groups in total. The highest BCUT2D eigenvalue weighted by atomic mass is 19.4. The van der Waals surface area contributed by atoms with Crippen LogP contribution in [0.2, 0.25) is 0 Å². The lowest BCUT2D eigenvalue weighted by atomic mass is 9.96. The molecule has 0 aliphatic heterocycles. The monoisotopic (exact) mass is 328 g/mol. The van der Waals surface area contributed by atoms with E-state index in [2.05, 4.69) is 6.58 Å². The van der Waals surface area contributed by atoms with Crippen LogP contribution in [-0.4, -0.2) is 36.0 Å². The van der Waals surface area contributed by atoms with Crippen LogP contribution in [0.15, 0.2) is 12.7 Å². The molecule has 0 nitrogen and oxygen atoms in total. The molecule has 20 heavy (non-hydrogen) atoms. The maximum atomic E-state index is 12.7. The van der Waals surface area contributed by atoms with E-state index in [1.54, 1.807) is 0 Å². The molecule has 12 heteroatoms. The summed E-state index contributed by atoms with van der Waals surface area (Å²) < 4.78 is 147. The van der Waals surface area contributed by atoms with Gasteiger partial charge in [-0.1, -0.05) is 6.58 Å². The molecular formula is C8H4F12. The molecule has 0 amide bonds. The normalized spacial score (nSPS) is 17.0. The SMILES string of the molecule is C=CC(F)(F)C(F)C(F)(F)C(F)(F)C(F)(F)C(F)(F)F. The van der Waals surface area contributed by atoms with Crippen molar-refractivity contribution in [3.63, 3.8) is 0 Å². The second-order valence-corrected chi connectivity index (χ2v) is 3.51. The highest BCUT2D eigenvalue weighted by molar-refractivity contribution is 5.09. The van der Waals surface area contributed by atoms with Crippen molar-refractivity contribution in [2.45, 2.75) is 36.0 Å². The molecule has 0 bridgehead atoms. The second kappa shape index (κ2) is 4.72. The smallest absolute Gasteiger partial charge is 0.233 e. The highest BCUT2D eigenvalue weighted by Crippen LogP contribution is 2.56. The third-order valence-corrected chi connectivity index (χ3v) is 2.10.